The summed E-state index contributed by atoms with van der Waals surface area (Å²) in [4.78, 5) is 11.1. The maximum atomic E-state index is 11.1. The van der Waals surface area contributed by atoms with Crippen LogP contribution in [-0.4, -0.2) is 12.5 Å². The fourth-order valence-electron chi connectivity index (χ4n) is 1.54. The molecule has 0 bridgehead atoms. The number of hydrogen-bond donors (Lipinski definition) is 1. The lowest BCUT2D eigenvalue weighted by molar-refractivity contribution is -0.114. The van der Waals surface area contributed by atoms with Gasteiger partial charge in [0.25, 0.3) is 0 Å². The Morgan fingerprint density at radius 1 is 1.72 bits per heavy atom. The molecule has 1 amide bonds. The Kier molecular flexibility index (Phi) is 4.75. The maximum Gasteiger partial charge on any atom is 0.221 e. The third kappa shape index (κ3) is 2.82. The average molecular weight is 265 g/mol. The fraction of sp³-hybridized carbons (Fsp3) is 0.231. The molecule has 0 fully saturated rings. The highest BCUT2D eigenvalue weighted by Crippen LogP contribution is 2.37. The number of amides is 1. The van der Waals surface area contributed by atoms with Gasteiger partial charge in [-0.1, -0.05) is 24.3 Å². The SMILES string of the molecule is C=Cc1c(C#N)c(Cl)cc(NC(C)=O)c1OCC. The summed E-state index contributed by atoms with van der Waals surface area (Å²) < 4.78 is 5.46. The normalized spacial score (nSPS) is 9.44. The number of ether oxygens (including phenoxy) is 1. The summed E-state index contributed by atoms with van der Waals surface area (Å²) >= 11 is 5.99. The van der Waals surface area contributed by atoms with Crippen LogP contribution in [0.3, 0.4) is 0 Å². The van der Waals surface area contributed by atoms with Gasteiger partial charge in [-0.25, -0.2) is 0 Å². The zero-order chi connectivity index (χ0) is 13.7. The monoisotopic (exact) mass is 264 g/mol. The number of carbonyl (C=O) groups is 1. The zero-order valence-corrected chi connectivity index (χ0v) is 11.0. The van der Waals surface area contributed by atoms with Crippen molar-refractivity contribution < 1.29 is 9.53 Å². The highest BCUT2D eigenvalue weighted by Gasteiger charge is 2.17. The van der Waals surface area contributed by atoms with Crippen LogP contribution in [0.5, 0.6) is 5.75 Å². The predicted molar refractivity (Wildman–Crippen MR) is 71.7 cm³/mol. The summed E-state index contributed by atoms with van der Waals surface area (Å²) in [6.45, 7) is 7.24. The van der Waals surface area contributed by atoms with Gasteiger partial charge in [0.2, 0.25) is 5.91 Å². The molecule has 94 valence electrons. The van der Waals surface area contributed by atoms with Gasteiger partial charge in [-0.15, -0.1) is 0 Å². The first kappa shape index (κ1) is 14.1. The Morgan fingerprint density at radius 2 is 2.39 bits per heavy atom. The van der Waals surface area contributed by atoms with Gasteiger partial charge in [0, 0.05) is 12.5 Å². The highest BCUT2D eigenvalue weighted by molar-refractivity contribution is 6.32. The van der Waals surface area contributed by atoms with Gasteiger partial charge in [-0.2, -0.15) is 5.26 Å². The van der Waals surface area contributed by atoms with E-state index in [4.69, 9.17) is 21.6 Å². The van der Waals surface area contributed by atoms with Crippen molar-refractivity contribution in [3.63, 3.8) is 0 Å². The van der Waals surface area contributed by atoms with E-state index < -0.39 is 0 Å². The Bertz CT molecular complexity index is 533. The molecule has 1 rings (SSSR count). The van der Waals surface area contributed by atoms with Crippen molar-refractivity contribution in [2.45, 2.75) is 13.8 Å². The summed E-state index contributed by atoms with van der Waals surface area (Å²) in [6.07, 6.45) is 1.49. The van der Waals surface area contributed by atoms with Crippen LogP contribution >= 0.6 is 11.6 Å². The van der Waals surface area contributed by atoms with Crippen LogP contribution in [0.2, 0.25) is 5.02 Å². The molecule has 0 heterocycles. The van der Waals surface area contributed by atoms with Crippen LogP contribution < -0.4 is 10.1 Å². The molecule has 0 spiro atoms. The first-order valence-corrected chi connectivity index (χ1v) is 5.72. The number of benzene rings is 1. The molecule has 5 heteroatoms. The molecule has 1 aromatic carbocycles. The van der Waals surface area contributed by atoms with Crippen molar-refractivity contribution in [3.8, 4) is 11.8 Å². The Balaban J connectivity index is 3.52. The second-order valence-electron chi connectivity index (χ2n) is 3.45. The van der Waals surface area contributed by atoms with Gasteiger partial charge in [0.05, 0.1) is 22.9 Å². The Hall–Kier alpha value is -1.99. The number of nitriles is 1. The number of rotatable bonds is 4. The van der Waals surface area contributed by atoms with Gasteiger partial charge in [0.15, 0.2) is 5.75 Å². The number of anilines is 1. The molecule has 1 N–H and O–H groups in total. The molecular formula is C13H13ClN2O2. The van der Waals surface area contributed by atoms with E-state index in [9.17, 15) is 4.79 Å². The number of hydrogen-bond acceptors (Lipinski definition) is 3. The van der Waals surface area contributed by atoms with Crippen molar-refractivity contribution in [1.82, 2.24) is 0 Å². The smallest absolute Gasteiger partial charge is 0.221 e. The summed E-state index contributed by atoms with van der Waals surface area (Å²) in [6, 6.07) is 3.50. The lowest BCUT2D eigenvalue weighted by Crippen LogP contribution is -2.09. The van der Waals surface area contributed by atoms with Crippen molar-refractivity contribution in [3.05, 3.63) is 28.8 Å². The average Bonchev–Trinajstić information content (AvgIpc) is 2.31. The molecule has 0 aliphatic carbocycles. The fourth-order valence-corrected chi connectivity index (χ4v) is 1.80. The van der Waals surface area contributed by atoms with Gasteiger partial charge in [-0.3, -0.25) is 4.79 Å². The van der Waals surface area contributed by atoms with Crippen LogP contribution in [0.1, 0.15) is 25.0 Å². The molecule has 0 atom stereocenters. The molecular weight excluding hydrogens is 252 g/mol. The van der Waals surface area contributed by atoms with Crippen LogP contribution in [0, 0.1) is 11.3 Å². The quantitative estimate of drug-likeness (QED) is 0.908. The summed E-state index contributed by atoms with van der Waals surface area (Å²) in [5.74, 6) is 0.162. The van der Waals surface area contributed by atoms with E-state index >= 15 is 0 Å². The van der Waals surface area contributed by atoms with E-state index in [1.807, 2.05) is 13.0 Å². The molecule has 0 saturated carbocycles. The third-order valence-electron chi connectivity index (χ3n) is 2.18. The first-order chi connectivity index (χ1) is 8.54. The third-order valence-corrected chi connectivity index (χ3v) is 2.48. The van der Waals surface area contributed by atoms with Crippen LogP contribution in [0.15, 0.2) is 12.6 Å². The predicted octanol–water partition coefficient (Wildman–Crippen LogP) is 3.21. The lowest BCUT2D eigenvalue weighted by atomic mass is 10.1. The standard InChI is InChI=1S/C13H13ClN2O2/c1-4-9-10(7-15)11(14)6-12(16-8(3)17)13(9)18-5-2/h4,6H,1,5H2,2-3H3,(H,16,17). The number of carbonyl (C=O) groups excluding carboxylic acids is 1. The van der Waals surface area contributed by atoms with Crippen LogP contribution in [0.4, 0.5) is 5.69 Å². The minimum Gasteiger partial charge on any atom is -0.491 e. The molecule has 0 aliphatic rings. The molecule has 1 aromatic rings. The van der Waals surface area contributed by atoms with Gasteiger partial charge >= 0.3 is 0 Å². The lowest BCUT2D eigenvalue weighted by Gasteiger charge is -2.15. The van der Waals surface area contributed by atoms with E-state index in [1.165, 1.54) is 19.1 Å². The van der Waals surface area contributed by atoms with E-state index in [-0.39, 0.29) is 16.5 Å². The van der Waals surface area contributed by atoms with Gasteiger partial charge in [-0.05, 0) is 13.0 Å². The minimum absolute atomic E-state index is 0.244. The molecule has 4 nitrogen and oxygen atoms in total. The second kappa shape index (κ2) is 6.08. The highest BCUT2D eigenvalue weighted by atomic mass is 35.5. The summed E-state index contributed by atoms with van der Waals surface area (Å²) in [5.41, 5.74) is 1.20. The summed E-state index contributed by atoms with van der Waals surface area (Å²) in [5, 5.41) is 11.9. The van der Waals surface area contributed by atoms with E-state index in [0.29, 0.717) is 23.6 Å². The number of halogens is 1. The maximum absolute atomic E-state index is 11.1. The number of nitrogens with one attached hydrogen (secondary N) is 1. The van der Waals surface area contributed by atoms with Crippen LogP contribution in [-0.2, 0) is 4.79 Å². The minimum atomic E-state index is -0.244. The van der Waals surface area contributed by atoms with E-state index in [1.54, 1.807) is 0 Å². The number of nitrogens with zero attached hydrogens (tertiary/aromatic N) is 1. The van der Waals surface area contributed by atoms with Gasteiger partial charge < -0.3 is 10.1 Å². The topological polar surface area (TPSA) is 62.1 Å². The van der Waals surface area contributed by atoms with Crippen molar-refractivity contribution in [1.29, 1.82) is 5.26 Å². The Labute approximate surface area is 111 Å². The summed E-state index contributed by atoms with van der Waals surface area (Å²) in [7, 11) is 0. The molecule has 0 unspecified atom stereocenters. The van der Waals surface area contributed by atoms with Crippen molar-refractivity contribution in [2.75, 3.05) is 11.9 Å². The largest absolute Gasteiger partial charge is 0.491 e. The molecule has 0 aromatic heterocycles. The van der Waals surface area contributed by atoms with Gasteiger partial charge in [0.1, 0.15) is 6.07 Å². The Morgan fingerprint density at radius 3 is 2.83 bits per heavy atom. The van der Waals surface area contributed by atoms with Crippen molar-refractivity contribution >= 4 is 29.3 Å². The molecule has 0 saturated heterocycles. The molecule has 18 heavy (non-hydrogen) atoms. The first-order valence-electron chi connectivity index (χ1n) is 5.34. The van der Waals surface area contributed by atoms with Crippen LogP contribution in [0.25, 0.3) is 6.08 Å². The molecule has 0 aliphatic heterocycles. The zero-order valence-electron chi connectivity index (χ0n) is 10.2. The van der Waals surface area contributed by atoms with E-state index in [2.05, 4.69) is 11.9 Å². The van der Waals surface area contributed by atoms with E-state index in [0.717, 1.165) is 0 Å². The second-order valence-corrected chi connectivity index (χ2v) is 3.86. The molecule has 0 radical (unpaired) electrons. The van der Waals surface area contributed by atoms with Crippen molar-refractivity contribution in [2.24, 2.45) is 0 Å².